The Morgan fingerprint density at radius 3 is 2.89 bits per heavy atom. The van der Waals surface area contributed by atoms with E-state index in [4.69, 9.17) is 0 Å². The highest BCUT2D eigenvalue weighted by molar-refractivity contribution is 9.10. The topological polar surface area (TPSA) is 49.8 Å². The summed E-state index contributed by atoms with van der Waals surface area (Å²) in [4.78, 5) is 8.49. The predicted molar refractivity (Wildman–Crippen MR) is 82.7 cm³/mol. The summed E-state index contributed by atoms with van der Waals surface area (Å²) < 4.78 is 0.871. The standard InChI is InChI=1S/C14H17BrN4/c1-10-4-3-5-11(8-10)6-7-17-13-12(15)9-18-14(16-2)19-13/h3-5,8-9H,6-7H2,1-2H3,(H2,16,17,18,19). The van der Waals surface area contributed by atoms with E-state index in [1.807, 2.05) is 0 Å². The second-order valence-electron chi connectivity index (χ2n) is 4.31. The van der Waals surface area contributed by atoms with Crippen molar-refractivity contribution < 1.29 is 0 Å². The highest BCUT2D eigenvalue weighted by Crippen LogP contribution is 2.19. The van der Waals surface area contributed by atoms with Crippen LogP contribution < -0.4 is 10.6 Å². The molecule has 1 heterocycles. The lowest BCUT2D eigenvalue weighted by Crippen LogP contribution is -2.08. The average Bonchev–Trinajstić information content (AvgIpc) is 2.41. The minimum atomic E-state index is 0.612. The molecule has 0 amide bonds. The number of hydrogen-bond acceptors (Lipinski definition) is 4. The summed E-state index contributed by atoms with van der Waals surface area (Å²) in [5.74, 6) is 1.42. The molecule has 0 atom stereocenters. The molecule has 0 aliphatic heterocycles. The number of anilines is 2. The molecule has 100 valence electrons. The second kappa shape index (κ2) is 6.52. The van der Waals surface area contributed by atoms with Crippen molar-refractivity contribution in [1.29, 1.82) is 0 Å². The van der Waals surface area contributed by atoms with Gasteiger partial charge in [0.15, 0.2) is 0 Å². The second-order valence-corrected chi connectivity index (χ2v) is 5.16. The van der Waals surface area contributed by atoms with E-state index in [0.29, 0.717) is 5.95 Å². The van der Waals surface area contributed by atoms with Crippen molar-refractivity contribution in [2.45, 2.75) is 13.3 Å². The maximum Gasteiger partial charge on any atom is 0.224 e. The van der Waals surface area contributed by atoms with Gasteiger partial charge in [-0.2, -0.15) is 4.98 Å². The normalized spacial score (nSPS) is 10.3. The number of nitrogens with zero attached hydrogens (tertiary/aromatic N) is 2. The SMILES string of the molecule is CNc1ncc(Br)c(NCCc2cccc(C)c2)n1. The number of aryl methyl sites for hydroxylation is 1. The fraction of sp³-hybridized carbons (Fsp3) is 0.286. The van der Waals surface area contributed by atoms with Crippen molar-refractivity contribution in [3.05, 3.63) is 46.1 Å². The highest BCUT2D eigenvalue weighted by atomic mass is 79.9. The van der Waals surface area contributed by atoms with Crippen LogP contribution in [0.2, 0.25) is 0 Å². The molecule has 0 fully saturated rings. The molecule has 0 saturated carbocycles. The molecule has 0 unspecified atom stereocenters. The summed E-state index contributed by atoms with van der Waals surface area (Å²) in [6.45, 7) is 2.94. The van der Waals surface area contributed by atoms with Gasteiger partial charge in [-0.1, -0.05) is 29.8 Å². The van der Waals surface area contributed by atoms with Gasteiger partial charge >= 0.3 is 0 Å². The number of rotatable bonds is 5. The molecule has 19 heavy (non-hydrogen) atoms. The van der Waals surface area contributed by atoms with Gasteiger partial charge in [-0.25, -0.2) is 4.98 Å². The van der Waals surface area contributed by atoms with Gasteiger partial charge in [0.1, 0.15) is 5.82 Å². The van der Waals surface area contributed by atoms with E-state index < -0.39 is 0 Å². The number of halogens is 1. The maximum absolute atomic E-state index is 4.36. The Bertz CT molecular complexity index is 557. The van der Waals surface area contributed by atoms with E-state index in [-0.39, 0.29) is 0 Å². The van der Waals surface area contributed by atoms with E-state index in [0.717, 1.165) is 23.3 Å². The van der Waals surface area contributed by atoms with E-state index in [1.165, 1.54) is 11.1 Å². The van der Waals surface area contributed by atoms with E-state index in [1.54, 1.807) is 13.2 Å². The van der Waals surface area contributed by atoms with Crippen LogP contribution in [0, 0.1) is 6.92 Å². The average molecular weight is 321 g/mol. The lowest BCUT2D eigenvalue weighted by Gasteiger charge is -2.09. The summed E-state index contributed by atoms with van der Waals surface area (Å²) in [7, 11) is 1.81. The Morgan fingerprint density at radius 2 is 2.16 bits per heavy atom. The van der Waals surface area contributed by atoms with Gasteiger partial charge in [-0.05, 0) is 34.8 Å². The molecule has 2 N–H and O–H groups in total. The van der Waals surface area contributed by atoms with Gasteiger partial charge in [-0.3, -0.25) is 0 Å². The van der Waals surface area contributed by atoms with Gasteiger partial charge in [0, 0.05) is 19.8 Å². The first kappa shape index (κ1) is 13.8. The van der Waals surface area contributed by atoms with Gasteiger partial charge in [-0.15, -0.1) is 0 Å². The highest BCUT2D eigenvalue weighted by Gasteiger charge is 2.03. The van der Waals surface area contributed by atoms with E-state index in [2.05, 4.69) is 67.7 Å². The number of hydrogen-bond donors (Lipinski definition) is 2. The Kier molecular flexibility index (Phi) is 4.74. The van der Waals surface area contributed by atoms with E-state index >= 15 is 0 Å². The summed E-state index contributed by atoms with van der Waals surface area (Å²) in [6, 6.07) is 8.54. The summed E-state index contributed by atoms with van der Waals surface area (Å²) in [6.07, 6.45) is 2.71. The Hall–Kier alpha value is -1.62. The molecule has 2 aromatic rings. The summed E-state index contributed by atoms with van der Waals surface area (Å²) in [5.41, 5.74) is 2.62. The lowest BCUT2D eigenvalue weighted by molar-refractivity contribution is 0.994. The Balaban J connectivity index is 1.95. The minimum Gasteiger partial charge on any atom is -0.369 e. The van der Waals surface area contributed by atoms with Crippen LogP contribution >= 0.6 is 15.9 Å². The van der Waals surface area contributed by atoms with Crippen LogP contribution in [0.15, 0.2) is 34.9 Å². The molecule has 5 heteroatoms. The number of nitrogens with one attached hydrogen (secondary N) is 2. The molecule has 1 aromatic carbocycles. The fourth-order valence-corrected chi connectivity index (χ4v) is 2.14. The van der Waals surface area contributed by atoms with Gasteiger partial charge in [0.05, 0.1) is 4.47 Å². The maximum atomic E-state index is 4.36. The van der Waals surface area contributed by atoms with Gasteiger partial charge in [0.2, 0.25) is 5.95 Å². The summed E-state index contributed by atoms with van der Waals surface area (Å²) in [5, 5.41) is 6.24. The lowest BCUT2D eigenvalue weighted by atomic mass is 10.1. The van der Waals surface area contributed by atoms with E-state index in [9.17, 15) is 0 Å². The van der Waals surface area contributed by atoms with Crippen molar-refractivity contribution in [1.82, 2.24) is 9.97 Å². The molecule has 0 aliphatic rings. The van der Waals surface area contributed by atoms with Crippen LogP contribution in [0.4, 0.5) is 11.8 Å². The Labute approximate surface area is 121 Å². The molecule has 0 aliphatic carbocycles. The van der Waals surface area contributed by atoms with Crippen LogP contribution in [-0.2, 0) is 6.42 Å². The molecule has 2 rings (SSSR count). The minimum absolute atomic E-state index is 0.612. The quantitative estimate of drug-likeness (QED) is 0.888. The molecular weight excluding hydrogens is 304 g/mol. The predicted octanol–water partition coefficient (Wildman–Crippen LogP) is 3.24. The van der Waals surface area contributed by atoms with Crippen molar-refractivity contribution in [3.8, 4) is 0 Å². The first-order valence-corrected chi connectivity index (χ1v) is 6.98. The van der Waals surface area contributed by atoms with Gasteiger partial charge in [0.25, 0.3) is 0 Å². The first-order valence-electron chi connectivity index (χ1n) is 6.19. The molecule has 0 bridgehead atoms. The largest absolute Gasteiger partial charge is 0.369 e. The van der Waals surface area contributed by atoms with Crippen LogP contribution in [0.25, 0.3) is 0 Å². The third-order valence-electron chi connectivity index (χ3n) is 2.76. The van der Waals surface area contributed by atoms with Crippen LogP contribution in [0.3, 0.4) is 0 Å². The third kappa shape index (κ3) is 3.92. The molecule has 1 aromatic heterocycles. The Morgan fingerprint density at radius 1 is 1.32 bits per heavy atom. The molecule has 0 spiro atoms. The van der Waals surface area contributed by atoms with Crippen molar-refractivity contribution >= 4 is 27.7 Å². The van der Waals surface area contributed by atoms with Crippen molar-refractivity contribution in [2.75, 3.05) is 24.2 Å². The van der Waals surface area contributed by atoms with Crippen LogP contribution in [-0.4, -0.2) is 23.6 Å². The molecular formula is C14H17BrN4. The molecule has 0 radical (unpaired) electrons. The van der Waals surface area contributed by atoms with Crippen molar-refractivity contribution in [2.24, 2.45) is 0 Å². The van der Waals surface area contributed by atoms with Crippen molar-refractivity contribution in [3.63, 3.8) is 0 Å². The molecule has 0 saturated heterocycles. The fourth-order valence-electron chi connectivity index (χ4n) is 1.80. The zero-order valence-electron chi connectivity index (χ0n) is 11.1. The number of benzene rings is 1. The van der Waals surface area contributed by atoms with Crippen LogP contribution in [0.1, 0.15) is 11.1 Å². The zero-order valence-corrected chi connectivity index (χ0v) is 12.7. The zero-order chi connectivity index (χ0) is 13.7. The summed E-state index contributed by atoms with van der Waals surface area (Å²) >= 11 is 3.44. The smallest absolute Gasteiger partial charge is 0.224 e. The van der Waals surface area contributed by atoms with Crippen LogP contribution in [0.5, 0.6) is 0 Å². The number of aromatic nitrogens is 2. The van der Waals surface area contributed by atoms with Gasteiger partial charge < -0.3 is 10.6 Å². The first-order chi connectivity index (χ1) is 9.19. The monoisotopic (exact) mass is 320 g/mol. The molecule has 4 nitrogen and oxygen atoms in total. The third-order valence-corrected chi connectivity index (χ3v) is 3.34.